The third-order valence-electron chi connectivity index (χ3n) is 3.78. The van der Waals surface area contributed by atoms with Crippen molar-refractivity contribution in [1.29, 1.82) is 0 Å². The molecule has 0 spiro atoms. The van der Waals surface area contributed by atoms with E-state index < -0.39 is 27.4 Å². The van der Waals surface area contributed by atoms with Crippen LogP contribution in [0.1, 0.15) is 91.4 Å². The maximum atomic E-state index is 11.7. The summed E-state index contributed by atoms with van der Waals surface area (Å²) in [7, 11) is -4.64. The van der Waals surface area contributed by atoms with Gasteiger partial charge in [0.25, 0.3) is 0 Å². The summed E-state index contributed by atoms with van der Waals surface area (Å²) in [5.74, 6) is -0.911. The first kappa shape index (κ1) is 22.4. The molecule has 0 N–H and O–H groups in total. The van der Waals surface area contributed by atoms with E-state index in [-0.39, 0.29) is 6.42 Å². The van der Waals surface area contributed by atoms with Crippen LogP contribution in [0.15, 0.2) is 0 Å². The molecule has 0 amide bonds. The molecule has 0 bridgehead atoms. The maximum absolute atomic E-state index is 11.7. The molecule has 0 aromatic rings. The Balaban J connectivity index is 3.87. The van der Waals surface area contributed by atoms with E-state index in [0.29, 0.717) is 6.42 Å². The lowest BCUT2D eigenvalue weighted by atomic mass is 10.1. The second kappa shape index (κ2) is 12.8. The molecule has 6 heteroatoms. The number of unbranched alkanes of at least 4 members (excludes halogenated alkanes) is 9. The van der Waals surface area contributed by atoms with E-state index in [9.17, 15) is 17.8 Å². The first-order valence-corrected chi connectivity index (χ1v) is 10.4. The molecule has 0 saturated heterocycles. The standard InChI is InChI=1S/C17H34O5S/c1-4-5-6-7-8-9-10-11-12-13-14-16(23(19,20)21)17(18)22-15(2)3/h15-16H,4-14H2,1-3H3,(H,19,20,21)/p-1. The zero-order chi connectivity index (χ0) is 17.7. The van der Waals surface area contributed by atoms with Crippen LogP contribution in [0.2, 0.25) is 0 Å². The fraction of sp³-hybridized carbons (Fsp3) is 0.941. The van der Waals surface area contributed by atoms with Gasteiger partial charge in [-0.3, -0.25) is 4.79 Å². The molecule has 0 aliphatic rings. The van der Waals surface area contributed by atoms with Crippen molar-refractivity contribution in [2.24, 2.45) is 0 Å². The SMILES string of the molecule is CCCCCCCCCCCCC(C(=O)OC(C)C)S(=O)(=O)[O-]. The molecule has 0 heterocycles. The molecule has 5 nitrogen and oxygen atoms in total. The van der Waals surface area contributed by atoms with Gasteiger partial charge in [-0.2, -0.15) is 0 Å². The van der Waals surface area contributed by atoms with Crippen molar-refractivity contribution in [2.75, 3.05) is 0 Å². The van der Waals surface area contributed by atoms with Crippen molar-refractivity contribution in [2.45, 2.75) is 103 Å². The Kier molecular flexibility index (Phi) is 12.4. The normalized spacial score (nSPS) is 13.3. The zero-order valence-electron chi connectivity index (χ0n) is 14.9. The summed E-state index contributed by atoms with van der Waals surface area (Å²) < 4.78 is 38.4. The van der Waals surface area contributed by atoms with Crippen LogP contribution < -0.4 is 0 Å². The lowest BCUT2D eigenvalue weighted by Crippen LogP contribution is -2.33. The number of esters is 1. The summed E-state index contributed by atoms with van der Waals surface area (Å²) in [4.78, 5) is 11.7. The van der Waals surface area contributed by atoms with Crippen molar-refractivity contribution in [3.05, 3.63) is 0 Å². The van der Waals surface area contributed by atoms with E-state index in [1.807, 2.05) is 0 Å². The molecule has 23 heavy (non-hydrogen) atoms. The van der Waals surface area contributed by atoms with Gasteiger partial charge in [-0.15, -0.1) is 0 Å². The highest BCUT2D eigenvalue weighted by atomic mass is 32.2. The Labute approximate surface area is 141 Å². The Morgan fingerprint density at radius 3 is 1.74 bits per heavy atom. The first-order chi connectivity index (χ1) is 10.8. The van der Waals surface area contributed by atoms with Crippen LogP contribution in [0.4, 0.5) is 0 Å². The summed E-state index contributed by atoms with van der Waals surface area (Å²) in [5, 5.41) is -1.56. The molecule has 0 aliphatic carbocycles. The van der Waals surface area contributed by atoms with E-state index in [1.165, 1.54) is 38.5 Å². The van der Waals surface area contributed by atoms with Crippen LogP contribution in [-0.2, 0) is 19.6 Å². The predicted octanol–water partition coefficient (Wildman–Crippen LogP) is 4.16. The van der Waals surface area contributed by atoms with Gasteiger partial charge in [-0.25, -0.2) is 8.42 Å². The monoisotopic (exact) mass is 349 g/mol. The smallest absolute Gasteiger partial charge is 0.323 e. The third-order valence-corrected chi connectivity index (χ3v) is 4.91. The Hall–Kier alpha value is -0.620. The molecule has 0 aliphatic heterocycles. The maximum Gasteiger partial charge on any atom is 0.323 e. The van der Waals surface area contributed by atoms with Gasteiger partial charge < -0.3 is 9.29 Å². The number of carbonyl (C=O) groups excluding carboxylic acids is 1. The second-order valence-corrected chi connectivity index (χ2v) is 7.99. The van der Waals surface area contributed by atoms with Crippen LogP contribution in [0, 0.1) is 0 Å². The van der Waals surface area contributed by atoms with Crippen LogP contribution in [0.3, 0.4) is 0 Å². The van der Waals surface area contributed by atoms with Gasteiger partial charge in [0.15, 0.2) is 0 Å². The minimum absolute atomic E-state index is 0.0634. The Morgan fingerprint density at radius 2 is 1.35 bits per heavy atom. The van der Waals surface area contributed by atoms with Gasteiger partial charge in [0.2, 0.25) is 0 Å². The minimum Gasteiger partial charge on any atom is -0.747 e. The summed E-state index contributed by atoms with van der Waals surface area (Å²) in [6.45, 7) is 5.46. The summed E-state index contributed by atoms with van der Waals surface area (Å²) in [6, 6.07) is 0. The molecule has 1 unspecified atom stereocenters. The Morgan fingerprint density at radius 1 is 0.913 bits per heavy atom. The van der Waals surface area contributed by atoms with Crippen molar-refractivity contribution < 1.29 is 22.5 Å². The molecule has 138 valence electrons. The average molecular weight is 350 g/mol. The fourth-order valence-electron chi connectivity index (χ4n) is 2.51. The van der Waals surface area contributed by atoms with Gasteiger partial charge >= 0.3 is 5.97 Å². The van der Waals surface area contributed by atoms with Crippen molar-refractivity contribution in [3.63, 3.8) is 0 Å². The largest absolute Gasteiger partial charge is 0.747 e. The van der Waals surface area contributed by atoms with Gasteiger partial charge in [-0.1, -0.05) is 71.1 Å². The number of rotatable bonds is 14. The first-order valence-electron chi connectivity index (χ1n) is 8.94. The molecule has 1 atom stereocenters. The second-order valence-electron chi connectivity index (χ2n) is 6.44. The van der Waals surface area contributed by atoms with Gasteiger partial charge in [0.05, 0.1) is 6.10 Å². The number of carbonyl (C=O) groups is 1. The molecular weight excluding hydrogens is 316 g/mol. The van der Waals surface area contributed by atoms with Crippen molar-refractivity contribution >= 4 is 16.1 Å². The highest BCUT2D eigenvalue weighted by Gasteiger charge is 2.27. The van der Waals surface area contributed by atoms with Crippen LogP contribution in [0.25, 0.3) is 0 Å². The molecular formula is C17H33O5S-. The molecule has 0 saturated carbocycles. The fourth-order valence-corrected chi connectivity index (χ4v) is 3.25. The molecule has 0 radical (unpaired) electrons. The van der Waals surface area contributed by atoms with Crippen molar-refractivity contribution in [3.8, 4) is 0 Å². The molecule has 0 aromatic heterocycles. The minimum atomic E-state index is -4.64. The van der Waals surface area contributed by atoms with E-state index in [0.717, 1.165) is 19.3 Å². The van der Waals surface area contributed by atoms with Crippen LogP contribution >= 0.6 is 0 Å². The van der Waals surface area contributed by atoms with Gasteiger partial charge in [-0.05, 0) is 20.3 Å². The molecule has 0 rings (SSSR count). The van der Waals surface area contributed by atoms with Gasteiger partial charge in [0, 0.05) is 0 Å². The molecule has 0 fully saturated rings. The predicted molar refractivity (Wildman–Crippen MR) is 91.2 cm³/mol. The zero-order valence-corrected chi connectivity index (χ0v) is 15.7. The Bertz CT molecular complexity index is 403. The highest BCUT2D eigenvalue weighted by molar-refractivity contribution is 7.87. The van der Waals surface area contributed by atoms with Crippen LogP contribution in [-0.4, -0.2) is 30.3 Å². The average Bonchev–Trinajstić information content (AvgIpc) is 2.42. The third kappa shape index (κ3) is 12.5. The summed E-state index contributed by atoms with van der Waals surface area (Å²) in [6.07, 6.45) is 10.8. The summed E-state index contributed by atoms with van der Waals surface area (Å²) >= 11 is 0. The number of hydrogen-bond donors (Lipinski definition) is 0. The lowest BCUT2D eigenvalue weighted by molar-refractivity contribution is -0.147. The quantitative estimate of drug-likeness (QED) is 0.267. The summed E-state index contributed by atoms with van der Waals surface area (Å²) in [5.41, 5.74) is 0. The van der Waals surface area contributed by atoms with E-state index >= 15 is 0 Å². The lowest BCUT2D eigenvalue weighted by Gasteiger charge is -2.20. The van der Waals surface area contributed by atoms with Crippen LogP contribution in [0.5, 0.6) is 0 Å². The number of ether oxygens (including phenoxy) is 1. The van der Waals surface area contributed by atoms with Gasteiger partial charge in [0.1, 0.15) is 15.4 Å². The van der Waals surface area contributed by atoms with E-state index in [4.69, 9.17) is 4.74 Å². The number of hydrogen-bond acceptors (Lipinski definition) is 5. The topological polar surface area (TPSA) is 83.5 Å². The highest BCUT2D eigenvalue weighted by Crippen LogP contribution is 2.15. The molecule has 0 aromatic carbocycles. The van der Waals surface area contributed by atoms with Crippen molar-refractivity contribution in [1.82, 2.24) is 0 Å². The van der Waals surface area contributed by atoms with E-state index in [1.54, 1.807) is 13.8 Å². The van der Waals surface area contributed by atoms with E-state index in [2.05, 4.69) is 6.92 Å².